The highest BCUT2D eigenvalue weighted by molar-refractivity contribution is 5.70. The van der Waals surface area contributed by atoms with Crippen molar-refractivity contribution in [2.24, 2.45) is 11.8 Å². The molecule has 2 aromatic rings. The molecular weight excluding hydrogens is 264 g/mol. The third-order valence-corrected chi connectivity index (χ3v) is 4.48. The molecule has 2 aromatic heterocycles. The molecular formula is C15H18N6. The number of allylic oxidation sites excluding steroid dienone is 2. The molecule has 0 spiro atoms. The highest BCUT2D eigenvalue weighted by Gasteiger charge is 2.34. The second-order valence-corrected chi connectivity index (χ2v) is 5.75. The van der Waals surface area contributed by atoms with Crippen LogP contribution in [-0.4, -0.2) is 32.8 Å². The fourth-order valence-corrected chi connectivity index (χ4v) is 3.39. The maximum absolute atomic E-state index is 6.30. The summed E-state index contributed by atoms with van der Waals surface area (Å²) in [6, 6.07) is 1.86. The monoisotopic (exact) mass is 282 g/mol. The van der Waals surface area contributed by atoms with Gasteiger partial charge in [-0.3, -0.25) is 0 Å². The molecule has 2 atom stereocenters. The van der Waals surface area contributed by atoms with Crippen LogP contribution < -0.4 is 10.6 Å². The summed E-state index contributed by atoms with van der Waals surface area (Å²) in [6.45, 7) is 2.05. The van der Waals surface area contributed by atoms with Crippen molar-refractivity contribution >= 4 is 11.5 Å². The molecule has 0 radical (unpaired) electrons. The van der Waals surface area contributed by atoms with E-state index in [1.807, 2.05) is 12.3 Å². The van der Waals surface area contributed by atoms with Crippen LogP contribution in [0.1, 0.15) is 12.8 Å². The lowest BCUT2D eigenvalue weighted by molar-refractivity contribution is 0.411. The van der Waals surface area contributed by atoms with E-state index in [0.717, 1.165) is 43.6 Å². The van der Waals surface area contributed by atoms with E-state index in [1.54, 1.807) is 17.2 Å². The van der Waals surface area contributed by atoms with Crippen molar-refractivity contribution in [3.05, 3.63) is 36.9 Å². The lowest BCUT2D eigenvalue weighted by Crippen LogP contribution is -2.23. The van der Waals surface area contributed by atoms with E-state index in [0.29, 0.717) is 11.5 Å². The van der Waals surface area contributed by atoms with Crippen LogP contribution in [0, 0.1) is 11.8 Å². The van der Waals surface area contributed by atoms with Gasteiger partial charge in [-0.05, 0) is 30.7 Å². The Balaban J connectivity index is 1.66. The molecule has 0 unspecified atom stereocenters. The van der Waals surface area contributed by atoms with Gasteiger partial charge in [-0.15, -0.1) is 0 Å². The van der Waals surface area contributed by atoms with Crippen LogP contribution >= 0.6 is 0 Å². The molecule has 21 heavy (non-hydrogen) atoms. The van der Waals surface area contributed by atoms with Gasteiger partial charge in [0.2, 0.25) is 0 Å². The van der Waals surface area contributed by atoms with E-state index >= 15 is 0 Å². The van der Waals surface area contributed by atoms with Gasteiger partial charge < -0.3 is 10.6 Å². The van der Waals surface area contributed by atoms with Gasteiger partial charge in [-0.25, -0.2) is 14.6 Å². The summed E-state index contributed by atoms with van der Waals surface area (Å²) in [4.78, 5) is 11.0. The molecule has 1 fully saturated rings. The van der Waals surface area contributed by atoms with Crippen LogP contribution in [0.4, 0.5) is 11.5 Å². The van der Waals surface area contributed by atoms with Gasteiger partial charge in [0.05, 0.1) is 0 Å². The Hall–Kier alpha value is -2.37. The summed E-state index contributed by atoms with van der Waals surface area (Å²) in [7, 11) is 0. The quantitative estimate of drug-likeness (QED) is 0.848. The lowest BCUT2D eigenvalue weighted by atomic mass is 9.86. The van der Waals surface area contributed by atoms with Gasteiger partial charge in [0.15, 0.2) is 11.6 Å². The molecule has 0 aromatic carbocycles. The predicted molar refractivity (Wildman–Crippen MR) is 81.1 cm³/mol. The van der Waals surface area contributed by atoms with Crippen LogP contribution in [0.25, 0.3) is 5.82 Å². The lowest BCUT2D eigenvalue weighted by Gasteiger charge is -2.20. The van der Waals surface area contributed by atoms with Crippen LogP contribution in [0.15, 0.2) is 36.9 Å². The van der Waals surface area contributed by atoms with Crippen molar-refractivity contribution in [3.8, 4) is 5.82 Å². The summed E-state index contributed by atoms with van der Waals surface area (Å²) in [6.07, 6.45) is 12.1. The maximum atomic E-state index is 6.30. The van der Waals surface area contributed by atoms with E-state index in [9.17, 15) is 0 Å². The van der Waals surface area contributed by atoms with Gasteiger partial charge >= 0.3 is 0 Å². The minimum absolute atomic E-state index is 0.604. The fraction of sp³-hybridized carbons (Fsp3) is 0.400. The molecule has 4 rings (SSSR count). The Morgan fingerprint density at radius 3 is 2.43 bits per heavy atom. The van der Waals surface area contributed by atoms with Crippen LogP contribution in [0.5, 0.6) is 0 Å². The predicted octanol–water partition coefficient (Wildman–Crippen LogP) is 1.65. The standard InChI is InChI=1S/C15H18N6/c16-13-14(17-10-18-15(13)21-7-3-6-19-21)20-8-11-4-1-2-5-12(11)9-20/h1-3,6-7,10-12H,4-5,8-9,16H2/t11-,12+. The zero-order valence-corrected chi connectivity index (χ0v) is 11.8. The topological polar surface area (TPSA) is 72.9 Å². The van der Waals surface area contributed by atoms with Gasteiger partial charge in [-0.2, -0.15) is 5.10 Å². The SMILES string of the molecule is Nc1c(N2C[C@H]3CC=CC[C@H]3C2)ncnc1-n1cccn1. The average molecular weight is 282 g/mol. The minimum atomic E-state index is 0.604. The molecule has 6 nitrogen and oxygen atoms in total. The molecule has 2 aliphatic rings. The number of aromatic nitrogens is 4. The number of nitrogens with zero attached hydrogens (tertiary/aromatic N) is 5. The fourth-order valence-electron chi connectivity index (χ4n) is 3.39. The molecule has 3 heterocycles. The minimum Gasteiger partial charge on any atom is -0.393 e. The number of hydrogen-bond donors (Lipinski definition) is 1. The third kappa shape index (κ3) is 2.07. The Morgan fingerprint density at radius 1 is 1.05 bits per heavy atom. The van der Waals surface area contributed by atoms with E-state index in [-0.39, 0.29) is 0 Å². The maximum Gasteiger partial charge on any atom is 0.181 e. The Labute approximate surface area is 123 Å². The second kappa shape index (κ2) is 4.87. The third-order valence-electron chi connectivity index (χ3n) is 4.48. The van der Waals surface area contributed by atoms with E-state index in [1.165, 1.54) is 0 Å². The number of rotatable bonds is 2. The first kappa shape index (κ1) is 12.4. The zero-order valence-electron chi connectivity index (χ0n) is 11.8. The van der Waals surface area contributed by atoms with Crippen LogP contribution in [-0.2, 0) is 0 Å². The molecule has 0 amide bonds. The van der Waals surface area contributed by atoms with Crippen molar-refractivity contribution < 1.29 is 0 Å². The Morgan fingerprint density at radius 2 is 1.76 bits per heavy atom. The van der Waals surface area contributed by atoms with Crippen molar-refractivity contribution in [3.63, 3.8) is 0 Å². The molecule has 0 saturated carbocycles. The highest BCUT2D eigenvalue weighted by Crippen LogP contribution is 2.37. The first-order chi connectivity index (χ1) is 10.3. The van der Waals surface area contributed by atoms with Crippen LogP contribution in [0.2, 0.25) is 0 Å². The van der Waals surface area contributed by atoms with Crippen molar-refractivity contribution in [1.29, 1.82) is 0 Å². The summed E-state index contributed by atoms with van der Waals surface area (Å²) < 4.78 is 1.69. The van der Waals surface area contributed by atoms with Crippen molar-refractivity contribution in [1.82, 2.24) is 19.7 Å². The van der Waals surface area contributed by atoms with Crippen LogP contribution in [0.3, 0.4) is 0 Å². The molecule has 108 valence electrons. The molecule has 6 heteroatoms. The summed E-state index contributed by atoms with van der Waals surface area (Å²) in [5.74, 6) is 2.93. The number of nitrogen functional groups attached to an aromatic ring is 1. The van der Waals surface area contributed by atoms with E-state index in [2.05, 4.69) is 32.1 Å². The number of fused-ring (bicyclic) bond motifs is 1. The summed E-state index contributed by atoms with van der Waals surface area (Å²) in [5.41, 5.74) is 6.91. The second-order valence-electron chi connectivity index (χ2n) is 5.75. The average Bonchev–Trinajstić information content (AvgIpc) is 3.16. The molecule has 0 bridgehead atoms. The summed E-state index contributed by atoms with van der Waals surface area (Å²) >= 11 is 0. The number of hydrogen-bond acceptors (Lipinski definition) is 5. The zero-order chi connectivity index (χ0) is 14.2. The smallest absolute Gasteiger partial charge is 0.181 e. The number of anilines is 2. The number of nitrogens with two attached hydrogens (primary N) is 1. The Bertz CT molecular complexity index is 647. The first-order valence-corrected chi connectivity index (χ1v) is 7.33. The van der Waals surface area contributed by atoms with Gasteiger partial charge in [-0.1, -0.05) is 12.2 Å². The molecule has 1 aliphatic heterocycles. The van der Waals surface area contributed by atoms with Crippen molar-refractivity contribution in [2.45, 2.75) is 12.8 Å². The van der Waals surface area contributed by atoms with E-state index in [4.69, 9.17) is 5.73 Å². The summed E-state index contributed by atoms with van der Waals surface area (Å²) in [5, 5.41) is 4.21. The highest BCUT2D eigenvalue weighted by atomic mass is 15.3. The van der Waals surface area contributed by atoms with Crippen molar-refractivity contribution in [2.75, 3.05) is 23.7 Å². The molecule has 1 aliphatic carbocycles. The van der Waals surface area contributed by atoms with Gasteiger partial charge in [0, 0.05) is 25.5 Å². The first-order valence-electron chi connectivity index (χ1n) is 7.33. The molecule has 2 N–H and O–H groups in total. The normalized spacial score (nSPS) is 24.3. The molecule has 1 saturated heterocycles. The van der Waals surface area contributed by atoms with Gasteiger partial charge in [0.25, 0.3) is 0 Å². The Kier molecular flexibility index (Phi) is 2.87. The largest absolute Gasteiger partial charge is 0.393 e. The van der Waals surface area contributed by atoms with E-state index < -0.39 is 0 Å². The van der Waals surface area contributed by atoms with Gasteiger partial charge in [0.1, 0.15) is 12.0 Å².